The summed E-state index contributed by atoms with van der Waals surface area (Å²) in [6.07, 6.45) is 0.807. The van der Waals surface area contributed by atoms with Crippen molar-refractivity contribution in [3.8, 4) is 0 Å². The Balaban J connectivity index is 3.98. The minimum absolute atomic E-state index is 0.523. The van der Waals surface area contributed by atoms with Gasteiger partial charge >= 0.3 is 0 Å². The zero-order valence-electron chi connectivity index (χ0n) is 6.34. The standard InChI is InChI=1S/C7H10F2N2O/c8-3-5(12)1-2-7(11)6(9)4-10/h1-2,4,6-7,10H,3,11H2/b2-1-,10-4?/t6?,7-/m0/s1. The summed E-state index contributed by atoms with van der Waals surface area (Å²) in [5, 5.41) is 6.50. The van der Waals surface area contributed by atoms with E-state index >= 15 is 0 Å². The van der Waals surface area contributed by atoms with E-state index in [0.29, 0.717) is 6.21 Å². The Morgan fingerprint density at radius 3 is 2.67 bits per heavy atom. The van der Waals surface area contributed by atoms with Crippen molar-refractivity contribution in [1.29, 1.82) is 5.41 Å². The first kappa shape index (κ1) is 10.9. The maximum absolute atomic E-state index is 12.5. The molecule has 0 saturated heterocycles. The largest absolute Gasteiger partial charge is 0.322 e. The van der Waals surface area contributed by atoms with Gasteiger partial charge < -0.3 is 11.1 Å². The number of nitrogens with one attached hydrogen (secondary N) is 1. The predicted octanol–water partition coefficient (Wildman–Crippen LogP) is 0.396. The fraction of sp³-hybridized carbons (Fsp3) is 0.429. The first-order chi connectivity index (χ1) is 5.61. The van der Waals surface area contributed by atoms with Gasteiger partial charge in [0.2, 0.25) is 0 Å². The molecule has 1 unspecified atom stereocenters. The lowest BCUT2D eigenvalue weighted by atomic mass is 10.2. The predicted molar refractivity (Wildman–Crippen MR) is 41.8 cm³/mol. The molecule has 0 radical (unpaired) electrons. The number of hydrogen-bond donors (Lipinski definition) is 2. The summed E-state index contributed by atoms with van der Waals surface area (Å²) in [6, 6.07) is -1.06. The van der Waals surface area contributed by atoms with Crippen molar-refractivity contribution in [1.82, 2.24) is 0 Å². The van der Waals surface area contributed by atoms with Crippen molar-refractivity contribution < 1.29 is 13.6 Å². The van der Waals surface area contributed by atoms with Crippen LogP contribution in [0.4, 0.5) is 8.78 Å². The van der Waals surface area contributed by atoms with Crippen LogP contribution < -0.4 is 5.73 Å². The van der Waals surface area contributed by atoms with Gasteiger partial charge in [-0.3, -0.25) is 4.79 Å². The number of ketones is 1. The molecule has 0 saturated carbocycles. The van der Waals surface area contributed by atoms with Crippen LogP contribution in [0.25, 0.3) is 0 Å². The first-order valence-electron chi connectivity index (χ1n) is 3.29. The summed E-state index contributed by atoms with van der Waals surface area (Å²) in [5.41, 5.74) is 5.14. The smallest absolute Gasteiger partial charge is 0.186 e. The molecule has 0 aromatic rings. The number of carbonyl (C=O) groups is 1. The lowest BCUT2D eigenvalue weighted by Crippen LogP contribution is -2.30. The lowest BCUT2D eigenvalue weighted by molar-refractivity contribution is -0.115. The number of carbonyl (C=O) groups excluding carboxylic acids is 1. The summed E-state index contributed by atoms with van der Waals surface area (Å²) >= 11 is 0. The molecule has 0 rings (SSSR count). The van der Waals surface area contributed by atoms with Crippen LogP contribution >= 0.6 is 0 Å². The van der Waals surface area contributed by atoms with Crippen molar-refractivity contribution in [3.63, 3.8) is 0 Å². The molecule has 5 heteroatoms. The summed E-state index contributed by atoms with van der Waals surface area (Å²) < 4.78 is 24.0. The van der Waals surface area contributed by atoms with E-state index in [2.05, 4.69) is 0 Å². The molecular weight excluding hydrogens is 166 g/mol. The van der Waals surface area contributed by atoms with Crippen LogP contribution in [0.2, 0.25) is 0 Å². The summed E-state index contributed by atoms with van der Waals surface area (Å²) in [7, 11) is 0. The quantitative estimate of drug-likeness (QED) is 0.470. The first-order valence-corrected chi connectivity index (χ1v) is 3.29. The second kappa shape index (κ2) is 5.54. The van der Waals surface area contributed by atoms with E-state index in [1.54, 1.807) is 0 Å². The number of rotatable bonds is 5. The molecule has 2 atom stereocenters. The van der Waals surface area contributed by atoms with Crippen molar-refractivity contribution in [2.45, 2.75) is 12.2 Å². The van der Waals surface area contributed by atoms with Gasteiger partial charge in [-0.15, -0.1) is 0 Å². The van der Waals surface area contributed by atoms with E-state index in [1.165, 1.54) is 0 Å². The Morgan fingerprint density at radius 1 is 1.67 bits per heavy atom. The van der Waals surface area contributed by atoms with Gasteiger partial charge in [-0.25, -0.2) is 8.78 Å². The molecule has 0 heterocycles. The highest BCUT2D eigenvalue weighted by atomic mass is 19.1. The molecule has 0 aromatic heterocycles. The van der Waals surface area contributed by atoms with Crippen LogP contribution in [-0.2, 0) is 4.79 Å². The minimum atomic E-state index is -1.63. The molecular formula is C7H10F2N2O. The number of halogens is 2. The second-order valence-corrected chi connectivity index (χ2v) is 2.15. The van der Waals surface area contributed by atoms with Crippen molar-refractivity contribution >= 4 is 12.0 Å². The van der Waals surface area contributed by atoms with E-state index in [1.807, 2.05) is 0 Å². The summed E-state index contributed by atoms with van der Waals surface area (Å²) in [5.74, 6) is -0.761. The van der Waals surface area contributed by atoms with Gasteiger partial charge in [-0.05, 0) is 6.08 Å². The lowest BCUT2D eigenvalue weighted by Gasteiger charge is -2.05. The Kier molecular flexibility index (Phi) is 5.03. The van der Waals surface area contributed by atoms with Crippen molar-refractivity contribution in [3.05, 3.63) is 12.2 Å². The molecule has 0 aliphatic rings. The van der Waals surface area contributed by atoms with Crippen LogP contribution in [0.5, 0.6) is 0 Å². The third kappa shape index (κ3) is 3.92. The van der Waals surface area contributed by atoms with Crippen LogP contribution in [-0.4, -0.2) is 30.9 Å². The molecule has 0 aromatic carbocycles. The molecule has 0 spiro atoms. The molecule has 12 heavy (non-hydrogen) atoms. The molecule has 3 N–H and O–H groups in total. The topological polar surface area (TPSA) is 66.9 Å². The fourth-order valence-corrected chi connectivity index (χ4v) is 0.480. The Bertz CT molecular complexity index is 194. The van der Waals surface area contributed by atoms with Crippen molar-refractivity contribution in [2.75, 3.05) is 6.67 Å². The van der Waals surface area contributed by atoms with Gasteiger partial charge in [-0.2, -0.15) is 0 Å². The van der Waals surface area contributed by atoms with Gasteiger partial charge in [0, 0.05) is 6.21 Å². The number of alkyl halides is 2. The molecule has 0 fully saturated rings. The van der Waals surface area contributed by atoms with Crippen LogP contribution in [0.3, 0.4) is 0 Å². The SMILES string of the molecule is N=CC(F)[C@@H](N)/C=C\C(=O)CF. The molecule has 68 valence electrons. The average molecular weight is 176 g/mol. The zero-order valence-corrected chi connectivity index (χ0v) is 6.34. The Morgan fingerprint density at radius 2 is 2.25 bits per heavy atom. The monoisotopic (exact) mass is 176 g/mol. The molecule has 3 nitrogen and oxygen atoms in total. The fourth-order valence-electron chi connectivity index (χ4n) is 0.480. The minimum Gasteiger partial charge on any atom is -0.322 e. The third-order valence-corrected chi connectivity index (χ3v) is 1.16. The maximum atomic E-state index is 12.5. The highest BCUT2D eigenvalue weighted by Crippen LogP contribution is 1.94. The summed E-state index contributed by atoms with van der Waals surface area (Å²) in [4.78, 5) is 10.3. The Labute approximate surface area is 68.8 Å². The van der Waals surface area contributed by atoms with E-state index < -0.39 is 24.7 Å². The highest BCUT2D eigenvalue weighted by Gasteiger charge is 2.10. The highest BCUT2D eigenvalue weighted by molar-refractivity contribution is 5.90. The van der Waals surface area contributed by atoms with Gasteiger partial charge in [0.15, 0.2) is 18.6 Å². The van der Waals surface area contributed by atoms with Crippen LogP contribution in [0.1, 0.15) is 0 Å². The van der Waals surface area contributed by atoms with E-state index in [4.69, 9.17) is 11.1 Å². The van der Waals surface area contributed by atoms with Crippen LogP contribution in [0.15, 0.2) is 12.2 Å². The van der Waals surface area contributed by atoms with E-state index in [0.717, 1.165) is 12.2 Å². The van der Waals surface area contributed by atoms with Gasteiger partial charge in [-0.1, -0.05) is 6.08 Å². The normalized spacial score (nSPS) is 15.9. The third-order valence-electron chi connectivity index (χ3n) is 1.16. The maximum Gasteiger partial charge on any atom is 0.186 e. The number of hydrogen-bond acceptors (Lipinski definition) is 3. The second-order valence-electron chi connectivity index (χ2n) is 2.15. The van der Waals surface area contributed by atoms with Crippen molar-refractivity contribution in [2.24, 2.45) is 5.73 Å². The van der Waals surface area contributed by atoms with Gasteiger partial charge in [0.05, 0.1) is 6.04 Å². The molecule has 0 bridgehead atoms. The number of nitrogens with two attached hydrogens (primary N) is 1. The molecule has 0 amide bonds. The molecule has 0 aliphatic carbocycles. The van der Waals surface area contributed by atoms with E-state index in [9.17, 15) is 13.6 Å². The Hall–Kier alpha value is -1.10. The van der Waals surface area contributed by atoms with Gasteiger partial charge in [0.1, 0.15) is 0 Å². The van der Waals surface area contributed by atoms with Gasteiger partial charge in [0.25, 0.3) is 0 Å². The van der Waals surface area contributed by atoms with E-state index in [-0.39, 0.29) is 0 Å². The zero-order chi connectivity index (χ0) is 9.56. The number of allylic oxidation sites excluding steroid dienone is 1. The molecule has 0 aliphatic heterocycles. The summed E-state index contributed by atoms with van der Waals surface area (Å²) in [6.45, 7) is -1.12. The van der Waals surface area contributed by atoms with Crippen LogP contribution in [0, 0.1) is 5.41 Å². The average Bonchev–Trinajstić information content (AvgIpc) is 2.11.